The van der Waals surface area contributed by atoms with Crippen LogP contribution in [0.15, 0.2) is 18.2 Å². The van der Waals surface area contributed by atoms with Gasteiger partial charge in [-0.3, -0.25) is 4.68 Å². The molecule has 15 heavy (non-hydrogen) atoms. The van der Waals surface area contributed by atoms with Crippen LogP contribution < -0.4 is 5.73 Å². The molecule has 78 valence electrons. The van der Waals surface area contributed by atoms with Gasteiger partial charge in [-0.15, -0.1) is 0 Å². The fourth-order valence-electron chi connectivity index (χ4n) is 1.63. The van der Waals surface area contributed by atoms with Gasteiger partial charge in [0.25, 0.3) is 0 Å². The summed E-state index contributed by atoms with van der Waals surface area (Å²) in [5, 5.41) is 13.9. The first-order valence-corrected chi connectivity index (χ1v) is 4.52. The lowest BCUT2D eigenvalue weighted by Gasteiger charge is -1.97. The third kappa shape index (κ3) is 1.46. The van der Waals surface area contributed by atoms with Crippen molar-refractivity contribution < 1.29 is 9.90 Å². The molecule has 0 saturated carbocycles. The van der Waals surface area contributed by atoms with Gasteiger partial charge in [-0.1, -0.05) is 0 Å². The quantitative estimate of drug-likeness (QED) is 0.757. The van der Waals surface area contributed by atoms with Crippen molar-refractivity contribution >= 4 is 16.9 Å². The first kappa shape index (κ1) is 9.67. The minimum absolute atomic E-state index is 0.255. The van der Waals surface area contributed by atoms with E-state index < -0.39 is 5.97 Å². The van der Waals surface area contributed by atoms with Gasteiger partial charge < -0.3 is 10.8 Å². The predicted molar refractivity (Wildman–Crippen MR) is 55.6 cm³/mol. The molecule has 2 rings (SSSR count). The highest BCUT2D eigenvalue weighted by Gasteiger charge is 2.10. The molecule has 5 nitrogen and oxygen atoms in total. The maximum atomic E-state index is 10.8. The molecule has 0 atom stereocenters. The van der Waals surface area contributed by atoms with E-state index in [0.29, 0.717) is 6.54 Å². The minimum atomic E-state index is -0.941. The molecule has 0 aliphatic heterocycles. The number of hydrogen-bond donors (Lipinski definition) is 2. The van der Waals surface area contributed by atoms with Crippen molar-refractivity contribution in [3.8, 4) is 0 Å². The van der Waals surface area contributed by atoms with E-state index in [1.807, 2.05) is 0 Å². The smallest absolute Gasteiger partial charge is 0.335 e. The van der Waals surface area contributed by atoms with Crippen molar-refractivity contribution in [1.29, 1.82) is 0 Å². The van der Waals surface area contributed by atoms with Crippen LogP contribution in [0.25, 0.3) is 10.9 Å². The van der Waals surface area contributed by atoms with E-state index in [0.717, 1.165) is 16.6 Å². The number of fused-ring (bicyclic) bond motifs is 1. The first-order valence-electron chi connectivity index (χ1n) is 4.52. The second kappa shape index (κ2) is 3.36. The van der Waals surface area contributed by atoms with E-state index in [1.165, 1.54) is 6.07 Å². The van der Waals surface area contributed by atoms with Crippen LogP contribution in [0.3, 0.4) is 0 Å². The summed E-state index contributed by atoms with van der Waals surface area (Å²) in [6, 6.07) is 4.84. The first-order chi connectivity index (χ1) is 7.13. The van der Waals surface area contributed by atoms with Gasteiger partial charge in [0.1, 0.15) is 0 Å². The molecule has 5 heteroatoms. The Labute approximate surface area is 86.1 Å². The van der Waals surface area contributed by atoms with Crippen LogP contribution in [-0.4, -0.2) is 20.9 Å². The van der Waals surface area contributed by atoms with Crippen molar-refractivity contribution in [1.82, 2.24) is 9.78 Å². The molecule has 0 saturated heterocycles. The Kier molecular flexibility index (Phi) is 2.17. The number of hydrogen-bond acceptors (Lipinski definition) is 3. The number of rotatable bonds is 2. The van der Waals surface area contributed by atoms with Gasteiger partial charge in [-0.05, 0) is 18.2 Å². The van der Waals surface area contributed by atoms with E-state index in [1.54, 1.807) is 23.9 Å². The topological polar surface area (TPSA) is 81.1 Å². The largest absolute Gasteiger partial charge is 0.478 e. The molecule has 1 aromatic heterocycles. The highest BCUT2D eigenvalue weighted by Crippen LogP contribution is 2.19. The lowest BCUT2D eigenvalue weighted by Crippen LogP contribution is -2.04. The summed E-state index contributed by atoms with van der Waals surface area (Å²) in [5.74, 6) is -0.941. The number of carboxylic acids is 1. The number of benzene rings is 1. The van der Waals surface area contributed by atoms with E-state index in [4.69, 9.17) is 10.8 Å². The molecule has 0 fully saturated rings. The van der Waals surface area contributed by atoms with E-state index in [-0.39, 0.29) is 5.56 Å². The lowest BCUT2D eigenvalue weighted by atomic mass is 10.1. The molecule has 0 radical (unpaired) electrons. The minimum Gasteiger partial charge on any atom is -0.478 e. The monoisotopic (exact) mass is 205 g/mol. The van der Waals surface area contributed by atoms with Crippen LogP contribution in [-0.2, 0) is 13.6 Å². The number of aromatic nitrogens is 2. The van der Waals surface area contributed by atoms with Crippen molar-refractivity contribution in [2.75, 3.05) is 0 Å². The van der Waals surface area contributed by atoms with E-state index in [9.17, 15) is 4.79 Å². The van der Waals surface area contributed by atoms with E-state index in [2.05, 4.69) is 5.10 Å². The fraction of sp³-hybridized carbons (Fsp3) is 0.200. The third-order valence-electron chi connectivity index (χ3n) is 2.40. The standard InChI is InChI=1S/C10H11N3O2/c1-13-9(5-11)7-4-6(10(14)15)2-3-8(7)12-13/h2-4H,5,11H2,1H3,(H,14,15). The molecule has 1 heterocycles. The molecule has 2 aromatic rings. The van der Waals surface area contributed by atoms with Gasteiger partial charge >= 0.3 is 5.97 Å². The number of carboxylic acid groups (broad SMARTS) is 1. The Morgan fingerprint density at radius 3 is 2.93 bits per heavy atom. The van der Waals surface area contributed by atoms with Crippen LogP contribution >= 0.6 is 0 Å². The zero-order valence-corrected chi connectivity index (χ0v) is 8.27. The van der Waals surface area contributed by atoms with Gasteiger partial charge in [0.2, 0.25) is 0 Å². The summed E-state index contributed by atoms with van der Waals surface area (Å²) in [6.45, 7) is 0.343. The molecule has 3 N–H and O–H groups in total. The van der Waals surface area contributed by atoms with Crippen LogP contribution in [0, 0.1) is 0 Å². The molecule has 0 bridgehead atoms. The predicted octanol–water partition coefficient (Wildman–Crippen LogP) is 0.730. The van der Waals surface area contributed by atoms with Gasteiger partial charge in [-0.25, -0.2) is 4.79 Å². The lowest BCUT2D eigenvalue weighted by molar-refractivity contribution is 0.0697. The zero-order valence-electron chi connectivity index (χ0n) is 8.27. The summed E-state index contributed by atoms with van der Waals surface area (Å²) >= 11 is 0. The molecule has 0 amide bonds. The average Bonchev–Trinajstić information content (AvgIpc) is 2.51. The van der Waals surface area contributed by atoms with Crippen molar-refractivity contribution in [3.63, 3.8) is 0 Å². The fourth-order valence-corrected chi connectivity index (χ4v) is 1.63. The zero-order chi connectivity index (χ0) is 11.0. The van der Waals surface area contributed by atoms with E-state index >= 15 is 0 Å². The van der Waals surface area contributed by atoms with Crippen LogP contribution in [0.5, 0.6) is 0 Å². The maximum Gasteiger partial charge on any atom is 0.335 e. The third-order valence-corrected chi connectivity index (χ3v) is 2.40. The van der Waals surface area contributed by atoms with Crippen molar-refractivity contribution in [2.45, 2.75) is 6.54 Å². The Morgan fingerprint density at radius 1 is 1.60 bits per heavy atom. The summed E-state index contributed by atoms with van der Waals surface area (Å²) in [4.78, 5) is 10.8. The summed E-state index contributed by atoms with van der Waals surface area (Å²) in [7, 11) is 1.79. The summed E-state index contributed by atoms with van der Waals surface area (Å²) in [5.41, 5.74) is 7.44. The van der Waals surface area contributed by atoms with Gasteiger partial charge in [0.15, 0.2) is 0 Å². The normalized spacial score (nSPS) is 10.8. The number of carbonyl (C=O) groups is 1. The molecule has 1 aromatic carbocycles. The molecule has 0 unspecified atom stereocenters. The number of aryl methyl sites for hydroxylation is 1. The Bertz CT molecular complexity index is 531. The van der Waals surface area contributed by atoms with Crippen molar-refractivity contribution in [2.24, 2.45) is 12.8 Å². The molecular weight excluding hydrogens is 194 g/mol. The Balaban J connectivity index is 2.73. The van der Waals surface area contributed by atoms with Gasteiger partial charge in [0, 0.05) is 19.0 Å². The Hall–Kier alpha value is -1.88. The molecule has 0 spiro atoms. The molecule has 0 aliphatic rings. The van der Waals surface area contributed by atoms with Crippen molar-refractivity contribution in [3.05, 3.63) is 29.5 Å². The number of nitrogens with two attached hydrogens (primary N) is 1. The van der Waals surface area contributed by atoms with Crippen LogP contribution in [0.4, 0.5) is 0 Å². The van der Waals surface area contributed by atoms with Crippen LogP contribution in [0.1, 0.15) is 16.1 Å². The maximum absolute atomic E-state index is 10.8. The SMILES string of the molecule is Cn1nc2ccc(C(=O)O)cc2c1CN. The highest BCUT2D eigenvalue weighted by molar-refractivity contribution is 5.94. The molecule has 0 aliphatic carbocycles. The highest BCUT2D eigenvalue weighted by atomic mass is 16.4. The summed E-state index contributed by atoms with van der Waals surface area (Å²) < 4.78 is 1.68. The number of nitrogens with zero attached hydrogens (tertiary/aromatic N) is 2. The van der Waals surface area contributed by atoms with Crippen LogP contribution in [0.2, 0.25) is 0 Å². The summed E-state index contributed by atoms with van der Waals surface area (Å²) in [6.07, 6.45) is 0. The second-order valence-corrected chi connectivity index (χ2v) is 3.31. The average molecular weight is 205 g/mol. The Morgan fingerprint density at radius 2 is 2.33 bits per heavy atom. The second-order valence-electron chi connectivity index (χ2n) is 3.31. The molecular formula is C10H11N3O2. The van der Waals surface area contributed by atoms with Gasteiger partial charge in [0.05, 0.1) is 16.8 Å². The van der Waals surface area contributed by atoms with Gasteiger partial charge in [-0.2, -0.15) is 5.10 Å². The number of aromatic carboxylic acids is 1.